The molecule has 1 N–H and O–H groups in total. The van der Waals surface area contributed by atoms with E-state index in [1.165, 1.54) is 11.8 Å². The van der Waals surface area contributed by atoms with Gasteiger partial charge in [-0.25, -0.2) is 0 Å². The lowest BCUT2D eigenvalue weighted by Crippen LogP contribution is -2.11. The lowest BCUT2D eigenvalue weighted by atomic mass is 10.1. The SMILES string of the molecule is CSCc1nnc(S[C@@H](C)c2cccc(NC(=O)c3ccccc3)c2)o1. The van der Waals surface area contributed by atoms with Gasteiger partial charge in [0.2, 0.25) is 5.89 Å². The Bertz CT molecular complexity index is 868. The molecule has 0 unspecified atom stereocenters. The highest BCUT2D eigenvalue weighted by atomic mass is 32.2. The van der Waals surface area contributed by atoms with Crippen LogP contribution >= 0.6 is 23.5 Å². The molecule has 2 aromatic carbocycles. The van der Waals surface area contributed by atoms with Crippen LogP contribution in [0.15, 0.2) is 64.2 Å². The second-order valence-electron chi connectivity index (χ2n) is 5.60. The smallest absolute Gasteiger partial charge is 0.277 e. The monoisotopic (exact) mass is 385 g/mol. The predicted molar refractivity (Wildman–Crippen MR) is 107 cm³/mol. The van der Waals surface area contributed by atoms with Crippen LogP contribution < -0.4 is 5.32 Å². The number of anilines is 1. The van der Waals surface area contributed by atoms with Gasteiger partial charge in [-0.05, 0) is 43.0 Å². The number of hydrogen-bond acceptors (Lipinski definition) is 6. The Morgan fingerprint density at radius 1 is 1.15 bits per heavy atom. The van der Waals surface area contributed by atoms with Crippen LogP contribution in [0.5, 0.6) is 0 Å². The second-order valence-corrected chi connectivity index (χ2v) is 7.76. The van der Waals surface area contributed by atoms with Gasteiger partial charge in [-0.3, -0.25) is 4.79 Å². The number of carbonyl (C=O) groups excluding carboxylic acids is 1. The molecule has 1 amide bonds. The summed E-state index contributed by atoms with van der Waals surface area (Å²) in [7, 11) is 0. The quantitative estimate of drug-likeness (QED) is 0.575. The van der Waals surface area contributed by atoms with E-state index in [0.717, 1.165) is 11.3 Å². The minimum absolute atomic E-state index is 0.117. The van der Waals surface area contributed by atoms with Crippen LogP contribution in [0.3, 0.4) is 0 Å². The maximum Gasteiger partial charge on any atom is 0.277 e. The van der Waals surface area contributed by atoms with E-state index in [9.17, 15) is 4.79 Å². The van der Waals surface area contributed by atoms with E-state index in [4.69, 9.17) is 4.42 Å². The first kappa shape index (κ1) is 18.5. The number of thioether (sulfide) groups is 2. The average molecular weight is 386 g/mol. The normalized spacial score (nSPS) is 11.9. The van der Waals surface area contributed by atoms with E-state index in [0.29, 0.717) is 22.4 Å². The highest BCUT2D eigenvalue weighted by molar-refractivity contribution is 7.99. The Labute approximate surface area is 161 Å². The summed E-state index contributed by atoms with van der Waals surface area (Å²) < 4.78 is 5.62. The summed E-state index contributed by atoms with van der Waals surface area (Å²) in [5.41, 5.74) is 2.47. The molecule has 26 heavy (non-hydrogen) atoms. The molecule has 3 aromatic rings. The van der Waals surface area contributed by atoms with Crippen molar-refractivity contribution in [2.24, 2.45) is 0 Å². The molecule has 134 valence electrons. The summed E-state index contributed by atoms with van der Waals surface area (Å²) >= 11 is 3.15. The number of benzene rings is 2. The van der Waals surface area contributed by atoms with Gasteiger partial charge in [0.15, 0.2) is 0 Å². The van der Waals surface area contributed by atoms with Gasteiger partial charge in [-0.1, -0.05) is 42.1 Å². The van der Waals surface area contributed by atoms with Crippen molar-refractivity contribution < 1.29 is 9.21 Å². The van der Waals surface area contributed by atoms with Crippen molar-refractivity contribution in [2.45, 2.75) is 23.1 Å². The van der Waals surface area contributed by atoms with Crippen LogP contribution in [0, 0.1) is 0 Å². The minimum atomic E-state index is -0.123. The molecular weight excluding hydrogens is 366 g/mol. The topological polar surface area (TPSA) is 68.0 Å². The van der Waals surface area contributed by atoms with E-state index in [1.54, 1.807) is 23.9 Å². The summed E-state index contributed by atoms with van der Waals surface area (Å²) in [5, 5.41) is 11.7. The number of carbonyl (C=O) groups is 1. The number of amides is 1. The Balaban J connectivity index is 1.66. The first-order valence-corrected chi connectivity index (χ1v) is 10.4. The molecule has 0 aliphatic rings. The average Bonchev–Trinajstić information content (AvgIpc) is 3.10. The van der Waals surface area contributed by atoms with Crippen molar-refractivity contribution in [1.29, 1.82) is 0 Å². The largest absolute Gasteiger partial charge is 0.415 e. The fraction of sp³-hybridized carbons (Fsp3) is 0.211. The maximum absolute atomic E-state index is 12.3. The van der Waals surface area contributed by atoms with E-state index in [1.807, 2.05) is 48.7 Å². The summed E-state index contributed by atoms with van der Waals surface area (Å²) in [4.78, 5) is 12.3. The van der Waals surface area contributed by atoms with Crippen molar-refractivity contribution in [2.75, 3.05) is 11.6 Å². The third kappa shape index (κ3) is 4.89. The van der Waals surface area contributed by atoms with Crippen LogP contribution in [0.2, 0.25) is 0 Å². The van der Waals surface area contributed by atoms with E-state index in [2.05, 4.69) is 22.4 Å². The Morgan fingerprint density at radius 3 is 2.73 bits per heavy atom. The number of nitrogens with one attached hydrogen (secondary N) is 1. The number of hydrogen-bond donors (Lipinski definition) is 1. The van der Waals surface area contributed by atoms with Crippen LogP contribution in [-0.4, -0.2) is 22.4 Å². The Morgan fingerprint density at radius 2 is 1.96 bits per heavy atom. The van der Waals surface area contributed by atoms with Crippen LogP contribution in [-0.2, 0) is 5.75 Å². The van der Waals surface area contributed by atoms with Gasteiger partial charge in [-0.2, -0.15) is 11.8 Å². The molecule has 0 aliphatic heterocycles. The molecule has 1 heterocycles. The van der Waals surface area contributed by atoms with E-state index >= 15 is 0 Å². The molecule has 0 bridgehead atoms. The first-order chi connectivity index (χ1) is 12.7. The summed E-state index contributed by atoms with van der Waals surface area (Å²) in [5.74, 6) is 1.22. The first-order valence-electron chi connectivity index (χ1n) is 8.10. The Hall–Kier alpha value is -2.25. The standard InChI is InChI=1S/C19H19N3O2S2/c1-13(26-19-22-21-17(24-19)12-25-2)15-9-6-10-16(11-15)20-18(23)14-7-4-3-5-8-14/h3-11,13H,12H2,1-2H3,(H,20,23)/t13-/m0/s1. The number of nitrogens with zero attached hydrogens (tertiary/aromatic N) is 2. The van der Waals surface area contributed by atoms with Crippen molar-refractivity contribution in [3.05, 3.63) is 71.6 Å². The van der Waals surface area contributed by atoms with Crippen molar-refractivity contribution in [1.82, 2.24) is 10.2 Å². The highest BCUT2D eigenvalue weighted by Crippen LogP contribution is 2.35. The number of aromatic nitrogens is 2. The van der Waals surface area contributed by atoms with E-state index < -0.39 is 0 Å². The number of rotatable bonds is 7. The van der Waals surface area contributed by atoms with Gasteiger partial charge >= 0.3 is 0 Å². The zero-order chi connectivity index (χ0) is 18.4. The molecule has 1 aromatic heterocycles. The van der Waals surface area contributed by atoms with Gasteiger partial charge < -0.3 is 9.73 Å². The molecule has 0 radical (unpaired) electrons. The van der Waals surface area contributed by atoms with Gasteiger partial charge in [0.05, 0.1) is 5.75 Å². The van der Waals surface area contributed by atoms with Gasteiger partial charge in [0.1, 0.15) is 0 Å². The van der Waals surface area contributed by atoms with E-state index in [-0.39, 0.29) is 11.2 Å². The predicted octanol–water partition coefficient (Wildman–Crippen LogP) is 5.04. The lowest BCUT2D eigenvalue weighted by Gasteiger charge is -2.11. The summed E-state index contributed by atoms with van der Waals surface area (Å²) in [6.45, 7) is 2.07. The molecule has 0 aliphatic carbocycles. The molecule has 7 heteroatoms. The van der Waals surface area contributed by atoms with Crippen molar-refractivity contribution in [3.8, 4) is 0 Å². The molecule has 0 spiro atoms. The van der Waals surface area contributed by atoms with Gasteiger partial charge in [0, 0.05) is 16.5 Å². The van der Waals surface area contributed by atoms with Gasteiger partial charge in [0.25, 0.3) is 11.1 Å². The van der Waals surface area contributed by atoms with Crippen LogP contribution in [0.25, 0.3) is 0 Å². The third-order valence-electron chi connectivity index (χ3n) is 3.64. The molecule has 3 rings (SSSR count). The van der Waals surface area contributed by atoms with Crippen molar-refractivity contribution in [3.63, 3.8) is 0 Å². The molecule has 0 fully saturated rings. The second kappa shape index (κ2) is 8.91. The fourth-order valence-electron chi connectivity index (χ4n) is 2.35. The van der Waals surface area contributed by atoms with Crippen LogP contribution in [0.4, 0.5) is 5.69 Å². The highest BCUT2D eigenvalue weighted by Gasteiger charge is 2.14. The minimum Gasteiger partial charge on any atom is -0.415 e. The van der Waals surface area contributed by atoms with Crippen molar-refractivity contribution >= 4 is 35.1 Å². The molecule has 1 atom stereocenters. The van der Waals surface area contributed by atoms with Crippen LogP contribution in [0.1, 0.15) is 34.0 Å². The summed E-state index contributed by atoms with van der Waals surface area (Å²) in [6.07, 6.45) is 1.99. The molecular formula is C19H19N3O2S2. The molecule has 0 saturated heterocycles. The van der Waals surface area contributed by atoms with Gasteiger partial charge in [-0.15, -0.1) is 10.2 Å². The molecule has 5 nitrogen and oxygen atoms in total. The Kier molecular flexibility index (Phi) is 6.35. The third-order valence-corrected chi connectivity index (χ3v) is 5.17. The summed E-state index contributed by atoms with van der Waals surface area (Å²) in [6, 6.07) is 17.0. The zero-order valence-electron chi connectivity index (χ0n) is 14.5. The molecule has 0 saturated carbocycles. The lowest BCUT2D eigenvalue weighted by molar-refractivity contribution is 0.102. The fourth-order valence-corrected chi connectivity index (χ4v) is 3.53. The maximum atomic E-state index is 12.3. The zero-order valence-corrected chi connectivity index (χ0v) is 16.1.